The molecule has 102 valence electrons. The van der Waals surface area contributed by atoms with E-state index in [4.69, 9.17) is 17.0 Å². The summed E-state index contributed by atoms with van der Waals surface area (Å²) in [4.78, 5) is 0. The molecular formula is C13H23N3OS. The summed E-state index contributed by atoms with van der Waals surface area (Å²) < 4.78 is 8.72. The van der Waals surface area contributed by atoms with Crippen LogP contribution in [0.25, 0.3) is 0 Å². The molecule has 0 amide bonds. The molecule has 5 heteroatoms. The number of nitrogens with zero attached hydrogens (tertiary/aromatic N) is 2. The highest BCUT2D eigenvalue weighted by atomic mass is 32.1. The van der Waals surface area contributed by atoms with Gasteiger partial charge in [-0.2, -0.15) is 5.10 Å². The number of aryl methyl sites for hydroxylation is 1. The van der Waals surface area contributed by atoms with Crippen molar-refractivity contribution in [2.75, 3.05) is 6.61 Å². The normalized spacial score (nSPS) is 17.2. The monoisotopic (exact) mass is 269 g/mol. The maximum absolute atomic E-state index is 5.94. The molecule has 0 saturated heterocycles. The van der Waals surface area contributed by atoms with Crippen LogP contribution >= 0.6 is 12.2 Å². The minimum absolute atomic E-state index is 0.467. The van der Waals surface area contributed by atoms with E-state index >= 15 is 0 Å². The Kier molecular flexibility index (Phi) is 5.38. The number of rotatable bonds is 6. The van der Waals surface area contributed by atoms with Gasteiger partial charge in [-0.25, -0.2) is 0 Å². The van der Waals surface area contributed by atoms with Crippen molar-refractivity contribution in [2.45, 2.75) is 64.5 Å². The summed E-state index contributed by atoms with van der Waals surface area (Å²) in [6.07, 6.45) is 8.97. The first-order valence-corrected chi connectivity index (χ1v) is 7.47. The van der Waals surface area contributed by atoms with E-state index in [0.717, 1.165) is 31.8 Å². The van der Waals surface area contributed by atoms with Gasteiger partial charge in [0.25, 0.3) is 0 Å². The predicted octanol–water partition coefficient (Wildman–Crippen LogP) is 3.24. The number of H-pyrrole nitrogens is 1. The van der Waals surface area contributed by atoms with Crippen LogP contribution in [0.15, 0.2) is 0 Å². The van der Waals surface area contributed by atoms with Gasteiger partial charge in [-0.3, -0.25) is 5.10 Å². The second-order valence-corrected chi connectivity index (χ2v) is 5.36. The Bertz CT molecular complexity index is 407. The van der Waals surface area contributed by atoms with Crippen molar-refractivity contribution in [3.8, 4) is 0 Å². The van der Waals surface area contributed by atoms with Gasteiger partial charge >= 0.3 is 0 Å². The second-order valence-electron chi connectivity index (χ2n) is 4.98. The van der Waals surface area contributed by atoms with E-state index in [9.17, 15) is 0 Å². The molecule has 18 heavy (non-hydrogen) atoms. The largest absolute Gasteiger partial charge is 0.376 e. The van der Waals surface area contributed by atoms with Gasteiger partial charge in [0.15, 0.2) is 4.77 Å². The summed E-state index contributed by atoms with van der Waals surface area (Å²) in [5.41, 5.74) is 0. The fourth-order valence-corrected chi connectivity index (χ4v) is 2.78. The highest BCUT2D eigenvalue weighted by molar-refractivity contribution is 7.71. The van der Waals surface area contributed by atoms with E-state index < -0.39 is 0 Å². The first kappa shape index (κ1) is 13.7. The first-order chi connectivity index (χ1) is 8.81. The Morgan fingerprint density at radius 2 is 2.17 bits per heavy atom. The third-order valence-corrected chi connectivity index (χ3v) is 3.84. The summed E-state index contributed by atoms with van der Waals surface area (Å²) in [6, 6.07) is 0. The molecule has 0 bridgehead atoms. The molecule has 1 aromatic rings. The van der Waals surface area contributed by atoms with Gasteiger partial charge in [-0.1, -0.05) is 26.2 Å². The van der Waals surface area contributed by atoms with Crippen molar-refractivity contribution in [3.63, 3.8) is 0 Å². The van der Waals surface area contributed by atoms with Crippen molar-refractivity contribution in [1.82, 2.24) is 14.8 Å². The SMILES string of the molecule is CCCc1n[nH]c(=S)n1CCOC1CCCCC1. The topological polar surface area (TPSA) is 42.8 Å². The van der Waals surface area contributed by atoms with Crippen LogP contribution in [0.3, 0.4) is 0 Å². The zero-order chi connectivity index (χ0) is 12.8. The van der Waals surface area contributed by atoms with Gasteiger partial charge in [0.1, 0.15) is 5.82 Å². The van der Waals surface area contributed by atoms with Crippen LogP contribution in [0, 0.1) is 4.77 Å². The lowest BCUT2D eigenvalue weighted by atomic mass is 9.98. The van der Waals surface area contributed by atoms with Crippen LogP contribution in [0.5, 0.6) is 0 Å². The number of hydrogen-bond donors (Lipinski definition) is 1. The van der Waals surface area contributed by atoms with Crippen LogP contribution in [0.2, 0.25) is 0 Å². The lowest BCUT2D eigenvalue weighted by molar-refractivity contribution is 0.0236. The third-order valence-electron chi connectivity index (χ3n) is 3.53. The van der Waals surface area contributed by atoms with Crippen molar-refractivity contribution >= 4 is 12.2 Å². The highest BCUT2D eigenvalue weighted by Crippen LogP contribution is 2.20. The summed E-state index contributed by atoms with van der Waals surface area (Å²) >= 11 is 5.25. The predicted molar refractivity (Wildman–Crippen MR) is 74.2 cm³/mol. The lowest BCUT2D eigenvalue weighted by Gasteiger charge is -2.22. The summed E-state index contributed by atoms with van der Waals surface area (Å²) in [7, 11) is 0. The molecule has 0 aromatic carbocycles. The Hall–Kier alpha value is -0.680. The number of hydrogen-bond acceptors (Lipinski definition) is 3. The maximum Gasteiger partial charge on any atom is 0.195 e. The molecule has 0 aliphatic heterocycles. The number of aromatic nitrogens is 3. The van der Waals surface area contributed by atoms with Crippen molar-refractivity contribution in [3.05, 3.63) is 10.6 Å². The fraction of sp³-hybridized carbons (Fsp3) is 0.846. The lowest BCUT2D eigenvalue weighted by Crippen LogP contribution is -2.20. The molecule has 1 heterocycles. The minimum atomic E-state index is 0.467. The molecule has 0 radical (unpaired) electrons. The average Bonchev–Trinajstić information content (AvgIpc) is 2.73. The van der Waals surface area contributed by atoms with E-state index in [0.29, 0.717) is 10.9 Å². The zero-order valence-electron chi connectivity index (χ0n) is 11.2. The van der Waals surface area contributed by atoms with E-state index in [1.807, 2.05) is 0 Å². The Balaban J connectivity index is 1.81. The summed E-state index contributed by atoms with van der Waals surface area (Å²) in [6.45, 7) is 3.72. The van der Waals surface area contributed by atoms with E-state index in [2.05, 4.69) is 21.7 Å². The van der Waals surface area contributed by atoms with Gasteiger partial charge in [0, 0.05) is 6.42 Å². The maximum atomic E-state index is 5.94. The molecule has 1 N–H and O–H groups in total. The molecule has 4 nitrogen and oxygen atoms in total. The third kappa shape index (κ3) is 3.65. The number of nitrogens with one attached hydrogen (secondary N) is 1. The summed E-state index contributed by atoms with van der Waals surface area (Å²) in [5.74, 6) is 1.05. The molecule has 1 aromatic heterocycles. The van der Waals surface area contributed by atoms with Crippen LogP contribution in [0.1, 0.15) is 51.3 Å². The Morgan fingerprint density at radius 1 is 1.39 bits per heavy atom. The van der Waals surface area contributed by atoms with Crippen LogP contribution in [-0.4, -0.2) is 27.5 Å². The molecule has 2 rings (SSSR count). The van der Waals surface area contributed by atoms with E-state index in [1.165, 1.54) is 32.1 Å². The molecule has 1 aliphatic rings. The number of aromatic amines is 1. The van der Waals surface area contributed by atoms with Crippen LogP contribution < -0.4 is 0 Å². The average molecular weight is 269 g/mol. The van der Waals surface area contributed by atoms with Gasteiger partial charge < -0.3 is 9.30 Å². The highest BCUT2D eigenvalue weighted by Gasteiger charge is 2.13. The molecule has 1 saturated carbocycles. The van der Waals surface area contributed by atoms with Gasteiger partial charge in [-0.05, 0) is 31.5 Å². The molecule has 0 spiro atoms. The fourth-order valence-electron chi connectivity index (χ4n) is 2.54. The molecule has 1 fully saturated rings. The van der Waals surface area contributed by atoms with Gasteiger partial charge in [0.2, 0.25) is 0 Å². The van der Waals surface area contributed by atoms with Crippen molar-refractivity contribution in [2.24, 2.45) is 0 Å². The van der Waals surface area contributed by atoms with E-state index in [1.54, 1.807) is 0 Å². The summed E-state index contributed by atoms with van der Waals surface area (Å²) in [5, 5.41) is 7.13. The minimum Gasteiger partial charge on any atom is -0.376 e. The number of ether oxygens (including phenoxy) is 1. The van der Waals surface area contributed by atoms with Crippen molar-refractivity contribution < 1.29 is 4.74 Å². The Morgan fingerprint density at radius 3 is 2.89 bits per heavy atom. The molecule has 0 atom stereocenters. The standard InChI is InChI=1S/C13H23N3OS/c1-2-6-12-14-15-13(18)16(12)9-10-17-11-7-4-3-5-8-11/h11H,2-10H2,1H3,(H,15,18). The van der Waals surface area contributed by atoms with Gasteiger partial charge in [-0.15, -0.1) is 0 Å². The smallest absolute Gasteiger partial charge is 0.195 e. The van der Waals surface area contributed by atoms with Crippen LogP contribution in [0.4, 0.5) is 0 Å². The second kappa shape index (κ2) is 7.04. The molecule has 0 unspecified atom stereocenters. The first-order valence-electron chi connectivity index (χ1n) is 7.07. The van der Waals surface area contributed by atoms with E-state index in [-0.39, 0.29) is 0 Å². The molecular weight excluding hydrogens is 246 g/mol. The zero-order valence-corrected chi connectivity index (χ0v) is 12.0. The van der Waals surface area contributed by atoms with Crippen LogP contribution in [-0.2, 0) is 17.7 Å². The van der Waals surface area contributed by atoms with Crippen molar-refractivity contribution in [1.29, 1.82) is 0 Å². The molecule has 1 aliphatic carbocycles. The quantitative estimate of drug-likeness (QED) is 0.806. The van der Waals surface area contributed by atoms with Gasteiger partial charge in [0.05, 0.1) is 19.3 Å². The Labute approximate surface area is 114 Å².